The van der Waals surface area contributed by atoms with Crippen molar-refractivity contribution in [2.75, 3.05) is 6.54 Å². The third-order valence-corrected chi connectivity index (χ3v) is 2.27. The largest absolute Gasteiger partial charge is 0.480 e. The maximum absolute atomic E-state index is 10.3. The molecule has 0 radical (unpaired) electrons. The average molecular weight is 204 g/mol. The van der Waals surface area contributed by atoms with Crippen LogP contribution in [0.4, 0.5) is 0 Å². The maximum atomic E-state index is 10.3. The minimum atomic E-state index is -0.839. The van der Waals surface area contributed by atoms with Gasteiger partial charge in [0.05, 0.1) is 6.54 Å². The van der Waals surface area contributed by atoms with Gasteiger partial charge < -0.3 is 15.4 Å². The van der Waals surface area contributed by atoms with E-state index in [0.29, 0.717) is 6.54 Å². The Labute approximate surface area is 86.9 Å². The number of aromatic amines is 1. The summed E-state index contributed by atoms with van der Waals surface area (Å²) in [6.45, 7) is 0.543. The first-order chi connectivity index (χ1) is 7.27. The van der Waals surface area contributed by atoms with Gasteiger partial charge in [-0.2, -0.15) is 0 Å². The Hall–Kier alpha value is -1.81. The topological polar surface area (TPSA) is 65.1 Å². The minimum absolute atomic E-state index is 0.0168. The Balaban J connectivity index is 2.13. The molecule has 0 saturated carbocycles. The first kappa shape index (κ1) is 9.73. The number of benzene rings is 1. The molecule has 1 heterocycles. The highest BCUT2D eigenvalue weighted by molar-refractivity contribution is 5.82. The third kappa shape index (κ3) is 2.16. The summed E-state index contributed by atoms with van der Waals surface area (Å²) < 4.78 is 0. The van der Waals surface area contributed by atoms with Crippen molar-refractivity contribution in [2.24, 2.45) is 0 Å². The molecule has 2 aromatic rings. The van der Waals surface area contributed by atoms with E-state index < -0.39 is 5.97 Å². The van der Waals surface area contributed by atoms with E-state index in [1.54, 1.807) is 0 Å². The van der Waals surface area contributed by atoms with E-state index in [0.717, 1.165) is 16.5 Å². The van der Waals surface area contributed by atoms with Gasteiger partial charge in [0.25, 0.3) is 0 Å². The van der Waals surface area contributed by atoms with Crippen molar-refractivity contribution < 1.29 is 9.90 Å². The Morgan fingerprint density at radius 2 is 2.27 bits per heavy atom. The molecule has 15 heavy (non-hydrogen) atoms. The average Bonchev–Trinajstić information content (AvgIpc) is 2.65. The lowest BCUT2D eigenvalue weighted by Crippen LogP contribution is -2.21. The Kier molecular flexibility index (Phi) is 2.69. The predicted molar refractivity (Wildman–Crippen MR) is 57.6 cm³/mol. The van der Waals surface area contributed by atoms with Gasteiger partial charge in [-0.05, 0) is 17.0 Å². The van der Waals surface area contributed by atoms with Gasteiger partial charge in [0.15, 0.2) is 0 Å². The molecule has 2 rings (SSSR count). The number of carboxylic acids is 1. The van der Waals surface area contributed by atoms with Crippen LogP contribution in [0.2, 0.25) is 0 Å². The normalized spacial score (nSPS) is 10.7. The number of hydrogen-bond donors (Lipinski definition) is 3. The van der Waals surface area contributed by atoms with Gasteiger partial charge in [0.2, 0.25) is 0 Å². The van der Waals surface area contributed by atoms with Crippen LogP contribution in [0.3, 0.4) is 0 Å². The van der Waals surface area contributed by atoms with Crippen molar-refractivity contribution in [1.29, 1.82) is 0 Å². The quantitative estimate of drug-likeness (QED) is 0.704. The first-order valence-electron chi connectivity index (χ1n) is 4.75. The van der Waals surface area contributed by atoms with Gasteiger partial charge in [0.1, 0.15) is 0 Å². The molecule has 3 N–H and O–H groups in total. The number of carboxylic acid groups (broad SMARTS) is 1. The molecule has 0 fully saturated rings. The lowest BCUT2D eigenvalue weighted by atomic mass is 10.1. The van der Waals surface area contributed by atoms with Gasteiger partial charge in [0, 0.05) is 18.3 Å². The van der Waals surface area contributed by atoms with E-state index >= 15 is 0 Å². The molecule has 78 valence electrons. The van der Waals surface area contributed by atoms with Gasteiger partial charge in [-0.3, -0.25) is 4.79 Å². The summed E-state index contributed by atoms with van der Waals surface area (Å²) in [5.41, 5.74) is 2.15. The molecule has 4 nitrogen and oxygen atoms in total. The number of para-hydroxylation sites is 1. The van der Waals surface area contributed by atoms with E-state index in [1.165, 1.54) is 0 Å². The van der Waals surface area contributed by atoms with E-state index in [-0.39, 0.29) is 6.54 Å². The molecule has 0 atom stereocenters. The van der Waals surface area contributed by atoms with E-state index in [2.05, 4.69) is 10.3 Å². The fraction of sp³-hybridized carbons (Fsp3) is 0.182. The number of H-pyrrole nitrogens is 1. The lowest BCUT2D eigenvalue weighted by Gasteiger charge is -2.03. The van der Waals surface area contributed by atoms with Gasteiger partial charge >= 0.3 is 5.97 Å². The number of nitrogens with one attached hydrogen (secondary N) is 2. The van der Waals surface area contributed by atoms with Crippen LogP contribution in [0.5, 0.6) is 0 Å². The number of rotatable bonds is 4. The Bertz CT molecular complexity index is 476. The lowest BCUT2D eigenvalue weighted by molar-refractivity contribution is -0.135. The highest BCUT2D eigenvalue weighted by Gasteiger charge is 2.02. The van der Waals surface area contributed by atoms with Crippen LogP contribution in [-0.2, 0) is 11.3 Å². The van der Waals surface area contributed by atoms with Crippen molar-refractivity contribution >= 4 is 16.9 Å². The van der Waals surface area contributed by atoms with Crippen molar-refractivity contribution in [3.63, 3.8) is 0 Å². The molecule has 0 aliphatic rings. The van der Waals surface area contributed by atoms with Crippen molar-refractivity contribution in [3.8, 4) is 0 Å². The van der Waals surface area contributed by atoms with Crippen molar-refractivity contribution in [1.82, 2.24) is 10.3 Å². The zero-order chi connectivity index (χ0) is 10.7. The Morgan fingerprint density at radius 1 is 1.40 bits per heavy atom. The molecule has 0 unspecified atom stereocenters. The van der Waals surface area contributed by atoms with E-state index in [9.17, 15) is 4.79 Å². The van der Waals surface area contributed by atoms with Crippen LogP contribution in [-0.4, -0.2) is 22.6 Å². The standard InChI is InChI=1S/C11H12N2O2/c14-10(15)7-12-6-9-3-1-2-8-4-5-13-11(8)9/h1-5,12-13H,6-7H2,(H,14,15). The van der Waals surface area contributed by atoms with Crippen LogP contribution < -0.4 is 5.32 Å². The van der Waals surface area contributed by atoms with Crippen LogP contribution in [0.1, 0.15) is 5.56 Å². The minimum Gasteiger partial charge on any atom is -0.480 e. The van der Waals surface area contributed by atoms with Crippen LogP contribution in [0.25, 0.3) is 10.9 Å². The third-order valence-electron chi connectivity index (χ3n) is 2.27. The smallest absolute Gasteiger partial charge is 0.317 e. The molecular formula is C11H12N2O2. The monoisotopic (exact) mass is 204 g/mol. The molecule has 0 bridgehead atoms. The second kappa shape index (κ2) is 4.14. The summed E-state index contributed by atoms with van der Waals surface area (Å²) in [6, 6.07) is 7.96. The van der Waals surface area contributed by atoms with E-state index in [1.807, 2.05) is 30.5 Å². The summed E-state index contributed by atoms with van der Waals surface area (Å²) in [5.74, 6) is -0.839. The number of aromatic nitrogens is 1. The number of aliphatic carboxylic acids is 1. The first-order valence-corrected chi connectivity index (χ1v) is 4.75. The summed E-state index contributed by atoms with van der Waals surface area (Å²) in [6.07, 6.45) is 1.88. The predicted octanol–water partition coefficient (Wildman–Crippen LogP) is 1.34. The van der Waals surface area contributed by atoms with Crippen molar-refractivity contribution in [3.05, 3.63) is 36.0 Å². The molecule has 0 aliphatic heterocycles. The number of carbonyl (C=O) groups is 1. The van der Waals surface area contributed by atoms with Gasteiger partial charge in [-0.1, -0.05) is 18.2 Å². The molecule has 4 heteroatoms. The SMILES string of the molecule is O=C(O)CNCc1cccc2cc[nH]c12. The van der Waals surface area contributed by atoms with Gasteiger partial charge in [-0.25, -0.2) is 0 Å². The molecular weight excluding hydrogens is 192 g/mol. The van der Waals surface area contributed by atoms with Crippen LogP contribution in [0.15, 0.2) is 30.5 Å². The molecule has 0 aliphatic carbocycles. The second-order valence-electron chi connectivity index (χ2n) is 3.36. The fourth-order valence-corrected chi connectivity index (χ4v) is 1.60. The number of hydrogen-bond acceptors (Lipinski definition) is 2. The highest BCUT2D eigenvalue weighted by atomic mass is 16.4. The molecule has 0 amide bonds. The summed E-state index contributed by atoms with van der Waals surface area (Å²) >= 11 is 0. The highest BCUT2D eigenvalue weighted by Crippen LogP contribution is 2.16. The molecule has 0 spiro atoms. The molecule has 0 saturated heterocycles. The van der Waals surface area contributed by atoms with E-state index in [4.69, 9.17) is 5.11 Å². The zero-order valence-corrected chi connectivity index (χ0v) is 8.16. The van der Waals surface area contributed by atoms with Crippen molar-refractivity contribution in [2.45, 2.75) is 6.54 Å². The second-order valence-corrected chi connectivity index (χ2v) is 3.36. The summed E-state index contributed by atoms with van der Waals surface area (Å²) in [5, 5.41) is 12.5. The zero-order valence-electron chi connectivity index (χ0n) is 8.16. The van der Waals surface area contributed by atoms with Gasteiger partial charge in [-0.15, -0.1) is 0 Å². The maximum Gasteiger partial charge on any atom is 0.317 e. The van der Waals surface area contributed by atoms with Crippen LogP contribution in [0, 0.1) is 0 Å². The summed E-state index contributed by atoms with van der Waals surface area (Å²) in [4.78, 5) is 13.5. The number of fused-ring (bicyclic) bond motifs is 1. The van der Waals surface area contributed by atoms with Crippen LogP contribution >= 0.6 is 0 Å². The Morgan fingerprint density at radius 3 is 3.07 bits per heavy atom. The summed E-state index contributed by atoms with van der Waals surface area (Å²) in [7, 11) is 0. The molecule has 1 aromatic heterocycles. The molecule has 1 aromatic carbocycles. The fourth-order valence-electron chi connectivity index (χ4n) is 1.60.